The van der Waals surface area contributed by atoms with Gasteiger partial charge < -0.3 is 5.73 Å². The zero-order valence-electron chi connectivity index (χ0n) is 6.91. The van der Waals surface area contributed by atoms with Crippen LogP contribution in [0, 0.1) is 11.3 Å². The Hall–Kier alpha value is -1.76. The van der Waals surface area contributed by atoms with Crippen LogP contribution >= 0.6 is 0 Å². The number of allylic oxidation sites excluding steroid dienone is 1. The highest BCUT2D eigenvalue weighted by molar-refractivity contribution is 5.46. The van der Waals surface area contributed by atoms with Crippen molar-refractivity contribution in [2.45, 2.75) is 13.5 Å². The molecule has 0 spiro atoms. The van der Waals surface area contributed by atoms with Crippen molar-refractivity contribution in [2.24, 2.45) is 0 Å². The van der Waals surface area contributed by atoms with Gasteiger partial charge in [0.1, 0.15) is 11.6 Å². The minimum Gasteiger partial charge on any atom is -0.381 e. The molecule has 0 saturated carbocycles. The van der Waals surface area contributed by atoms with E-state index < -0.39 is 0 Å². The van der Waals surface area contributed by atoms with Gasteiger partial charge in [0.2, 0.25) is 0 Å². The van der Waals surface area contributed by atoms with Crippen LogP contribution < -0.4 is 5.73 Å². The fourth-order valence-electron chi connectivity index (χ4n) is 0.880. The molecule has 1 heterocycles. The monoisotopic (exact) mass is 162 g/mol. The van der Waals surface area contributed by atoms with Gasteiger partial charge in [0.25, 0.3) is 0 Å². The van der Waals surface area contributed by atoms with Crippen molar-refractivity contribution < 1.29 is 0 Å². The van der Waals surface area contributed by atoms with Gasteiger partial charge in [-0.15, -0.1) is 0 Å². The van der Waals surface area contributed by atoms with E-state index in [0.717, 1.165) is 5.57 Å². The number of hydrogen-bond acceptors (Lipinski definition) is 3. The van der Waals surface area contributed by atoms with Gasteiger partial charge in [-0.1, -0.05) is 12.2 Å². The molecule has 0 aliphatic rings. The van der Waals surface area contributed by atoms with Gasteiger partial charge in [-0.25, -0.2) is 0 Å². The third kappa shape index (κ3) is 1.64. The Morgan fingerprint density at radius 2 is 2.58 bits per heavy atom. The van der Waals surface area contributed by atoms with Crippen LogP contribution in [0.15, 0.2) is 18.3 Å². The zero-order chi connectivity index (χ0) is 9.14. The second-order valence-electron chi connectivity index (χ2n) is 2.69. The first kappa shape index (κ1) is 8.34. The van der Waals surface area contributed by atoms with Gasteiger partial charge in [0.15, 0.2) is 5.82 Å². The van der Waals surface area contributed by atoms with E-state index in [-0.39, 0.29) is 5.82 Å². The second-order valence-corrected chi connectivity index (χ2v) is 2.69. The maximum atomic E-state index is 8.56. The SMILES string of the molecule is C=C(C)Cn1cc(C#N)c(N)n1. The molecule has 0 fully saturated rings. The van der Waals surface area contributed by atoms with Crippen molar-refractivity contribution in [3.05, 3.63) is 23.9 Å². The van der Waals surface area contributed by atoms with Crippen molar-refractivity contribution in [2.75, 3.05) is 5.73 Å². The van der Waals surface area contributed by atoms with Crippen LogP contribution in [-0.4, -0.2) is 9.78 Å². The Labute approximate surface area is 70.9 Å². The molecule has 2 N–H and O–H groups in total. The summed E-state index contributed by atoms with van der Waals surface area (Å²) in [5.74, 6) is 0.277. The molecule has 0 aromatic carbocycles. The number of anilines is 1. The van der Waals surface area contributed by atoms with E-state index in [1.807, 2.05) is 13.0 Å². The topological polar surface area (TPSA) is 67.6 Å². The standard InChI is InChI=1S/C8H10N4/c1-6(2)4-12-5-7(3-9)8(10)11-12/h5H,1,4H2,2H3,(H2,10,11). The molecule has 1 aromatic heterocycles. The number of hydrogen-bond donors (Lipinski definition) is 1. The summed E-state index contributed by atoms with van der Waals surface area (Å²) in [7, 11) is 0. The Kier molecular flexibility index (Phi) is 2.15. The first-order chi connectivity index (χ1) is 5.63. The summed E-state index contributed by atoms with van der Waals surface area (Å²) in [5.41, 5.74) is 6.83. The Bertz CT molecular complexity index is 342. The maximum absolute atomic E-state index is 8.56. The van der Waals surface area contributed by atoms with Crippen molar-refractivity contribution in [3.63, 3.8) is 0 Å². The molecule has 1 rings (SSSR count). The first-order valence-corrected chi connectivity index (χ1v) is 3.51. The maximum Gasteiger partial charge on any atom is 0.163 e. The summed E-state index contributed by atoms with van der Waals surface area (Å²) < 4.78 is 1.61. The quantitative estimate of drug-likeness (QED) is 0.657. The van der Waals surface area contributed by atoms with Crippen LogP contribution in [-0.2, 0) is 6.54 Å². The van der Waals surface area contributed by atoms with E-state index in [2.05, 4.69) is 11.7 Å². The normalized spacial score (nSPS) is 9.33. The summed E-state index contributed by atoms with van der Waals surface area (Å²) in [6.45, 7) is 6.23. The van der Waals surface area contributed by atoms with Crippen LogP contribution in [0.1, 0.15) is 12.5 Å². The van der Waals surface area contributed by atoms with Gasteiger partial charge >= 0.3 is 0 Å². The molecule has 0 saturated heterocycles. The predicted octanol–water partition coefficient (Wildman–Crippen LogP) is 0.913. The molecule has 0 aliphatic carbocycles. The van der Waals surface area contributed by atoms with E-state index in [0.29, 0.717) is 12.1 Å². The van der Waals surface area contributed by atoms with Gasteiger partial charge in [0.05, 0.1) is 6.54 Å². The molecular weight excluding hydrogens is 152 g/mol. The molecule has 0 aliphatic heterocycles. The molecule has 0 radical (unpaired) electrons. The lowest BCUT2D eigenvalue weighted by atomic mass is 10.3. The van der Waals surface area contributed by atoms with Crippen molar-refractivity contribution in [1.29, 1.82) is 5.26 Å². The fourth-order valence-corrected chi connectivity index (χ4v) is 0.880. The Morgan fingerprint density at radius 1 is 1.92 bits per heavy atom. The number of nitrogens with two attached hydrogens (primary N) is 1. The smallest absolute Gasteiger partial charge is 0.163 e. The largest absolute Gasteiger partial charge is 0.381 e. The molecule has 0 unspecified atom stereocenters. The molecule has 62 valence electrons. The van der Waals surface area contributed by atoms with Crippen LogP contribution in [0.4, 0.5) is 5.82 Å². The third-order valence-corrected chi connectivity index (χ3v) is 1.34. The summed E-state index contributed by atoms with van der Waals surface area (Å²) in [6, 6.07) is 1.95. The number of nitrogens with zero attached hydrogens (tertiary/aromatic N) is 3. The van der Waals surface area contributed by atoms with Gasteiger partial charge in [-0.2, -0.15) is 10.4 Å². The number of rotatable bonds is 2. The number of aromatic nitrogens is 2. The summed E-state index contributed by atoms with van der Waals surface area (Å²) in [5, 5.41) is 12.5. The van der Waals surface area contributed by atoms with Crippen LogP contribution in [0.5, 0.6) is 0 Å². The predicted molar refractivity (Wildman–Crippen MR) is 46.2 cm³/mol. The zero-order valence-corrected chi connectivity index (χ0v) is 6.91. The molecule has 0 bridgehead atoms. The van der Waals surface area contributed by atoms with Gasteiger partial charge in [-0.05, 0) is 6.92 Å². The highest BCUT2D eigenvalue weighted by atomic mass is 15.3. The van der Waals surface area contributed by atoms with E-state index in [4.69, 9.17) is 11.0 Å². The minimum atomic E-state index is 0.277. The van der Waals surface area contributed by atoms with E-state index in [1.165, 1.54) is 0 Å². The van der Waals surface area contributed by atoms with E-state index >= 15 is 0 Å². The second kappa shape index (κ2) is 3.09. The first-order valence-electron chi connectivity index (χ1n) is 3.51. The Balaban J connectivity index is 2.91. The molecule has 0 amide bonds. The summed E-state index contributed by atoms with van der Waals surface area (Å²) in [4.78, 5) is 0. The molecule has 0 atom stereocenters. The van der Waals surface area contributed by atoms with Crippen LogP contribution in [0.3, 0.4) is 0 Å². The van der Waals surface area contributed by atoms with Crippen molar-refractivity contribution in [3.8, 4) is 6.07 Å². The van der Waals surface area contributed by atoms with Crippen LogP contribution in [0.25, 0.3) is 0 Å². The molecule has 4 nitrogen and oxygen atoms in total. The lowest BCUT2D eigenvalue weighted by Crippen LogP contribution is -1.99. The molecule has 1 aromatic rings. The number of nitriles is 1. The molecular formula is C8H10N4. The van der Waals surface area contributed by atoms with Gasteiger partial charge in [-0.3, -0.25) is 4.68 Å². The van der Waals surface area contributed by atoms with Crippen LogP contribution in [0.2, 0.25) is 0 Å². The summed E-state index contributed by atoms with van der Waals surface area (Å²) >= 11 is 0. The highest BCUT2D eigenvalue weighted by Crippen LogP contribution is 2.07. The average Bonchev–Trinajstić information content (AvgIpc) is 2.29. The third-order valence-electron chi connectivity index (χ3n) is 1.34. The van der Waals surface area contributed by atoms with Gasteiger partial charge in [0, 0.05) is 6.20 Å². The van der Waals surface area contributed by atoms with E-state index in [1.54, 1.807) is 10.9 Å². The van der Waals surface area contributed by atoms with Crippen molar-refractivity contribution in [1.82, 2.24) is 9.78 Å². The lowest BCUT2D eigenvalue weighted by Gasteiger charge is -1.97. The molecule has 12 heavy (non-hydrogen) atoms. The summed E-state index contributed by atoms with van der Waals surface area (Å²) in [6.07, 6.45) is 1.62. The Morgan fingerprint density at radius 3 is 3.00 bits per heavy atom. The average molecular weight is 162 g/mol. The van der Waals surface area contributed by atoms with Crippen molar-refractivity contribution >= 4 is 5.82 Å². The molecule has 4 heteroatoms. The minimum absolute atomic E-state index is 0.277. The van der Waals surface area contributed by atoms with E-state index in [9.17, 15) is 0 Å². The highest BCUT2D eigenvalue weighted by Gasteiger charge is 2.03. The number of nitrogen functional groups attached to an aromatic ring is 1. The fraction of sp³-hybridized carbons (Fsp3) is 0.250. The lowest BCUT2D eigenvalue weighted by molar-refractivity contribution is 0.682.